The molecule has 0 spiro atoms. The maximum atomic E-state index is 13.2. The molecule has 0 radical (unpaired) electrons. The number of nitrogens with two attached hydrogens (primary N) is 1. The molecule has 1 aliphatic rings. The van der Waals surface area contributed by atoms with Crippen LogP contribution in [0.3, 0.4) is 0 Å². The van der Waals surface area contributed by atoms with E-state index in [2.05, 4.69) is 15.6 Å². The summed E-state index contributed by atoms with van der Waals surface area (Å²) >= 11 is 1.58. The number of aliphatic hydroxyl groups excluding tert-OH is 1. The highest BCUT2D eigenvalue weighted by Crippen LogP contribution is 2.28. The quantitative estimate of drug-likeness (QED) is 0.507. The van der Waals surface area contributed by atoms with E-state index in [-0.39, 0.29) is 25.4 Å². The number of β-amino-alcohol motifs (C(OH)–C–C–N with tert-alkyl or cyclic N) is 1. The number of nitrogens with zero attached hydrogens (tertiary/aromatic N) is 2. The van der Waals surface area contributed by atoms with Crippen LogP contribution >= 0.6 is 11.3 Å². The van der Waals surface area contributed by atoms with Crippen molar-refractivity contribution in [2.24, 2.45) is 11.1 Å². The zero-order valence-corrected chi connectivity index (χ0v) is 20.1. The molecule has 1 aromatic carbocycles. The summed E-state index contributed by atoms with van der Waals surface area (Å²) < 4.78 is 0. The minimum absolute atomic E-state index is 0.0207. The predicted molar refractivity (Wildman–Crippen MR) is 126 cm³/mol. The number of benzene rings is 1. The summed E-state index contributed by atoms with van der Waals surface area (Å²) in [5, 5.41) is 15.5. The molecule has 9 nitrogen and oxygen atoms in total. The first kappa shape index (κ1) is 24.7. The van der Waals surface area contributed by atoms with Gasteiger partial charge in [-0.1, -0.05) is 45.0 Å². The van der Waals surface area contributed by atoms with Gasteiger partial charge in [-0.2, -0.15) is 0 Å². The van der Waals surface area contributed by atoms with E-state index in [9.17, 15) is 19.5 Å². The van der Waals surface area contributed by atoms with E-state index in [1.807, 2.05) is 36.7 Å². The minimum atomic E-state index is -0.918. The summed E-state index contributed by atoms with van der Waals surface area (Å²) in [6, 6.07) is 5.29. The number of aliphatic hydroxyl groups is 1. The number of likely N-dealkylation sites (tertiary alicyclic amines) is 1. The molecule has 2 heterocycles. The van der Waals surface area contributed by atoms with Crippen LogP contribution in [0.2, 0.25) is 0 Å². The fourth-order valence-corrected chi connectivity index (χ4v) is 4.73. The van der Waals surface area contributed by atoms with Crippen molar-refractivity contribution in [3.63, 3.8) is 0 Å². The van der Waals surface area contributed by atoms with Gasteiger partial charge in [0.05, 0.1) is 22.2 Å². The van der Waals surface area contributed by atoms with Crippen LogP contribution < -0.4 is 16.4 Å². The van der Waals surface area contributed by atoms with Crippen LogP contribution in [0.5, 0.6) is 0 Å². The number of aromatic nitrogens is 1. The number of hydrogen-bond acceptors (Lipinski definition) is 6. The third-order valence-electron chi connectivity index (χ3n) is 5.69. The van der Waals surface area contributed by atoms with Gasteiger partial charge in [-0.05, 0) is 23.5 Å². The Morgan fingerprint density at radius 2 is 1.94 bits per heavy atom. The number of urea groups is 1. The lowest BCUT2D eigenvalue weighted by molar-refractivity contribution is -0.142. The van der Waals surface area contributed by atoms with Gasteiger partial charge in [0.15, 0.2) is 0 Å². The molecule has 10 heteroatoms. The number of carbonyl (C=O) groups excluding carboxylic acids is 3. The maximum absolute atomic E-state index is 13.2. The second-order valence-corrected chi connectivity index (χ2v) is 10.2. The van der Waals surface area contributed by atoms with Crippen molar-refractivity contribution in [3.05, 3.63) is 41.0 Å². The molecule has 1 aliphatic heterocycles. The number of rotatable bonds is 6. The Balaban J connectivity index is 1.67. The molecule has 0 unspecified atom stereocenters. The number of carbonyl (C=O) groups is 3. The van der Waals surface area contributed by atoms with Crippen LogP contribution in [0.4, 0.5) is 4.79 Å². The molecule has 1 fully saturated rings. The Morgan fingerprint density at radius 3 is 2.48 bits per heavy atom. The van der Waals surface area contributed by atoms with Gasteiger partial charge in [-0.3, -0.25) is 9.59 Å². The second kappa shape index (κ2) is 9.88. The average Bonchev–Trinajstić information content (AvgIpc) is 3.35. The molecule has 5 N–H and O–H groups in total. The molecule has 0 saturated carbocycles. The largest absolute Gasteiger partial charge is 0.391 e. The van der Waals surface area contributed by atoms with Gasteiger partial charge in [0.25, 0.3) is 0 Å². The summed E-state index contributed by atoms with van der Waals surface area (Å²) in [6.45, 7) is 7.66. The highest BCUT2D eigenvalue weighted by atomic mass is 32.1. The van der Waals surface area contributed by atoms with Crippen LogP contribution in [0, 0.1) is 12.3 Å². The maximum Gasteiger partial charge on any atom is 0.312 e. The van der Waals surface area contributed by atoms with Crippen LogP contribution in [-0.2, 0) is 16.1 Å². The van der Waals surface area contributed by atoms with E-state index in [1.165, 1.54) is 4.90 Å². The number of thiazole rings is 1. The topological polar surface area (TPSA) is 138 Å². The fraction of sp³-hybridized carbons (Fsp3) is 0.478. The first-order valence-electron chi connectivity index (χ1n) is 10.8. The van der Waals surface area contributed by atoms with Crippen LogP contribution in [0.25, 0.3) is 10.4 Å². The van der Waals surface area contributed by atoms with Gasteiger partial charge in [0.1, 0.15) is 12.1 Å². The summed E-state index contributed by atoms with van der Waals surface area (Å²) in [5.74, 6) is -0.795. The zero-order valence-electron chi connectivity index (χ0n) is 19.3. The van der Waals surface area contributed by atoms with E-state index in [1.54, 1.807) is 32.1 Å². The highest BCUT2D eigenvalue weighted by Gasteiger charge is 2.44. The van der Waals surface area contributed by atoms with Gasteiger partial charge in [-0.15, -0.1) is 11.3 Å². The molecule has 3 rings (SSSR count). The smallest absolute Gasteiger partial charge is 0.312 e. The average molecular weight is 474 g/mol. The first-order valence-corrected chi connectivity index (χ1v) is 11.7. The van der Waals surface area contributed by atoms with Crippen LogP contribution in [0.15, 0.2) is 29.8 Å². The first-order chi connectivity index (χ1) is 15.5. The lowest BCUT2D eigenvalue weighted by Crippen LogP contribution is -2.58. The Hall–Kier alpha value is -2.98. The van der Waals surface area contributed by atoms with Gasteiger partial charge >= 0.3 is 6.03 Å². The number of nitrogens with one attached hydrogen (secondary N) is 2. The third kappa shape index (κ3) is 5.88. The second-order valence-electron chi connectivity index (χ2n) is 9.39. The van der Waals surface area contributed by atoms with Crippen molar-refractivity contribution in [2.75, 3.05) is 6.54 Å². The Kier molecular flexibility index (Phi) is 7.38. The summed E-state index contributed by atoms with van der Waals surface area (Å²) in [6.07, 6.45) is -0.685. The molecule has 4 amide bonds. The summed E-state index contributed by atoms with van der Waals surface area (Å²) in [7, 11) is 0. The van der Waals surface area contributed by atoms with Crippen molar-refractivity contribution in [3.8, 4) is 10.4 Å². The monoisotopic (exact) mass is 473 g/mol. The van der Waals surface area contributed by atoms with E-state index in [0.717, 1.165) is 21.7 Å². The molecule has 1 aromatic heterocycles. The highest BCUT2D eigenvalue weighted by molar-refractivity contribution is 7.13. The van der Waals surface area contributed by atoms with Crippen LogP contribution in [0.1, 0.15) is 38.4 Å². The Labute approximate surface area is 197 Å². The van der Waals surface area contributed by atoms with E-state index >= 15 is 0 Å². The number of amides is 4. The molecule has 0 aliphatic carbocycles. The van der Waals surface area contributed by atoms with E-state index in [4.69, 9.17) is 5.73 Å². The van der Waals surface area contributed by atoms with Crippen LogP contribution in [-0.4, -0.2) is 57.6 Å². The molecule has 178 valence electrons. The number of hydrogen-bond donors (Lipinski definition) is 4. The third-order valence-corrected chi connectivity index (χ3v) is 6.67. The van der Waals surface area contributed by atoms with Crippen molar-refractivity contribution in [1.29, 1.82) is 0 Å². The Morgan fingerprint density at radius 1 is 1.27 bits per heavy atom. The van der Waals surface area contributed by atoms with Gasteiger partial charge in [-0.25, -0.2) is 9.78 Å². The Bertz CT molecular complexity index is 1010. The minimum Gasteiger partial charge on any atom is -0.391 e. The molecule has 33 heavy (non-hydrogen) atoms. The normalized spacial score (nSPS) is 19.2. The SMILES string of the molecule is Cc1ncsc1-c1ccc(CNC(=O)[C@H]2C[C@H](O)CN2C(=O)[C@H](NC(N)=O)C(C)(C)C)cc1. The molecule has 3 atom stereocenters. The van der Waals surface area contributed by atoms with E-state index in [0.29, 0.717) is 0 Å². The predicted octanol–water partition coefficient (Wildman–Crippen LogP) is 1.78. The lowest BCUT2D eigenvalue weighted by Gasteiger charge is -2.34. The number of aryl methyl sites for hydroxylation is 1. The van der Waals surface area contributed by atoms with Crippen molar-refractivity contribution >= 4 is 29.2 Å². The summed E-state index contributed by atoms with van der Waals surface area (Å²) in [5.41, 5.74) is 9.40. The van der Waals surface area contributed by atoms with E-state index < -0.39 is 35.5 Å². The summed E-state index contributed by atoms with van der Waals surface area (Å²) in [4.78, 5) is 44.3. The van der Waals surface area contributed by atoms with Crippen molar-refractivity contribution < 1.29 is 19.5 Å². The van der Waals surface area contributed by atoms with Crippen molar-refractivity contribution in [2.45, 2.75) is 58.8 Å². The van der Waals surface area contributed by atoms with Gasteiger partial charge < -0.3 is 26.4 Å². The van der Waals surface area contributed by atoms with Gasteiger partial charge in [0, 0.05) is 19.5 Å². The molecular weight excluding hydrogens is 442 g/mol. The molecular formula is C23H31N5O4S. The van der Waals surface area contributed by atoms with Gasteiger partial charge in [0.2, 0.25) is 11.8 Å². The zero-order chi connectivity index (χ0) is 24.3. The molecule has 0 bridgehead atoms. The molecule has 1 saturated heterocycles. The number of primary amides is 1. The lowest BCUT2D eigenvalue weighted by atomic mass is 9.85. The fourth-order valence-electron chi connectivity index (χ4n) is 3.92. The standard InChI is InChI=1S/C23H31N5O4S/c1-13-18(33-12-26-13)15-7-5-14(6-8-15)10-25-20(30)17-9-16(29)11-28(17)21(31)19(23(2,3)4)27-22(24)32/h5-8,12,16-17,19,29H,9-11H2,1-4H3,(H,25,30)(H3,24,27,32)/t16-,17+,19-/m0/s1. The van der Waals surface area contributed by atoms with Crippen molar-refractivity contribution in [1.82, 2.24) is 20.5 Å². The molecule has 2 aromatic rings.